The molecule has 15 heavy (non-hydrogen) atoms. The van der Waals surface area contributed by atoms with Crippen LogP contribution in [0, 0.1) is 12.8 Å². The van der Waals surface area contributed by atoms with E-state index < -0.39 is 0 Å². The first-order chi connectivity index (χ1) is 7.00. The fourth-order valence-electron chi connectivity index (χ4n) is 1.07. The first-order valence-corrected chi connectivity index (χ1v) is 4.96. The highest BCUT2D eigenvalue weighted by Gasteiger charge is 2.02. The van der Waals surface area contributed by atoms with Gasteiger partial charge in [0.05, 0.1) is 5.70 Å². The molecule has 0 fully saturated rings. The molecule has 1 heterocycles. The van der Waals surface area contributed by atoms with E-state index in [4.69, 9.17) is 5.73 Å². The summed E-state index contributed by atoms with van der Waals surface area (Å²) >= 11 is 0. The lowest BCUT2D eigenvalue weighted by Crippen LogP contribution is -2.18. The fraction of sp³-hybridized carbons (Fsp3) is 0.333. The molecule has 0 atom stereocenters. The van der Waals surface area contributed by atoms with Crippen LogP contribution in [0.3, 0.4) is 0 Å². The Hall–Kier alpha value is -1.64. The van der Waals surface area contributed by atoms with Crippen LogP contribution >= 0.6 is 0 Å². The molecule has 3 heteroatoms. The molecule has 0 saturated heterocycles. The minimum absolute atomic E-state index is 0.240. The standard InChI is InChI=1S/C12H17N3/c1-8(2)12(13)15-10(4)11-5-6-14-9(3)7-11/h5-8H,4H2,1-3H3,(H2,13,15). The van der Waals surface area contributed by atoms with Crippen LogP contribution in [-0.2, 0) is 0 Å². The summed E-state index contributed by atoms with van der Waals surface area (Å²) in [5, 5.41) is 0. The Morgan fingerprint density at radius 3 is 2.73 bits per heavy atom. The largest absolute Gasteiger partial charge is 0.387 e. The van der Waals surface area contributed by atoms with Crippen molar-refractivity contribution in [1.29, 1.82) is 0 Å². The second-order valence-electron chi connectivity index (χ2n) is 3.82. The molecule has 0 bridgehead atoms. The van der Waals surface area contributed by atoms with Gasteiger partial charge in [0.25, 0.3) is 0 Å². The summed E-state index contributed by atoms with van der Waals surface area (Å²) in [6.07, 6.45) is 1.75. The minimum Gasteiger partial charge on any atom is -0.387 e. The second kappa shape index (κ2) is 4.73. The molecule has 0 radical (unpaired) electrons. The summed E-state index contributed by atoms with van der Waals surface area (Å²) in [6, 6.07) is 3.83. The van der Waals surface area contributed by atoms with Crippen LogP contribution in [0.25, 0.3) is 5.70 Å². The molecule has 0 aromatic carbocycles. The van der Waals surface area contributed by atoms with Crippen LogP contribution < -0.4 is 5.73 Å². The zero-order valence-corrected chi connectivity index (χ0v) is 9.49. The quantitative estimate of drug-likeness (QED) is 0.605. The zero-order valence-electron chi connectivity index (χ0n) is 9.49. The van der Waals surface area contributed by atoms with Gasteiger partial charge in [0, 0.05) is 23.4 Å². The number of nitrogens with zero attached hydrogens (tertiary/aromatic N) is 2. The van der Waals surface area contributed by atoms with E-state index in [0.29, 0.717) is 11.5 Å². The van der Waals surface area contributed by atoms with Gasteiger partial charge in [-0.3, -0.25) is 4.98 Å². The van der Waals surface area contributed by atoms with E-state index in [-0.39, 0.29) is 5.92 Å². The zero-order chi connectivity index (χ0) is 11.4. The van der Waals surface area contributed by atoms with Crippen LogP contribution in [-0.4, -0.2) is 10.8 Å². The third kappa shape index (κ3) is 3.20. The summed E-state index contributed by atoms with van der Waals surface area (Å²) in [5.41, 5.74) is 8.37. The number of hydrogen-bond donors (Lipinski definition) is 1. The molecule has 0 aliphatic heterocycles. The molecule has 0 aliphatic carbocycles. The number of pyridine rings is 1. The lowest BCUT2D eigenvalue weighted by molar-refractivity contribution is 0.873. The van der Waals surface area contributed by atoms with Gasteiger partial charge in [-0.05, 0) is 19.1 Å². The average molecular weight is 203 g/mol. The van der Waals surface area contributed by atoms with E-state index in [0.717, 1.165) is 11.3 Å². The summed E-state index contributed by atoms with van der Waals surface area (Å²) in [7, 11) is 0. The predicted molar refractivity (Wildman–Crippen MR) is 64.5 cm³/mol. The van der Waals surface area contributed by atoms with Crippen LogP contribution in [0.2, 0.25) is 0 Å². The first-order valence-electron chi connectivity index (χ1n) is 4.96. The van der Waals surface area contributed by atoms with Crippen LogP contribution in [0.5, 0.6) is 0 Å². The summed E-state index contributed by atoms with van der Waals surface area (Å²) in [4.78, 5) is 8.38. The molecule has 0 aliphatic rings. The maximum absolute atomic E-state index is 5.77. The van der Waals surface area contributed by atoms with Crippen LogP contribution in [0.15, 0.2) is 29.9 Å². The SMILES string of the molecule is C=C(N=C(N)C(C)C)c1ccnc(C)c1. The predicted octanol–water partition coefficient (Wildman–Crippen LogP) is 2.37. The Morgan fingerprint density at radius 2 is 2.20 bits per heavy atom. The average Bonchev–Trinajstić information content (AvgIpc) is 2.17. The van der Waals surface area contributed by atoms with Gasteiger partial charge in [-0.15, -0.1) is 0 Å². The number of rotatable bonds is 3. The Labute approximate surface area is 90.8 Å². The van der Waals surface area contributed by atoms with Gasteiger partial charge in [-0.1, -0.05) is 20.4 Å². The van der Waals surface area contributed by atoms with Crippen LogP contribution in [0.1, 0.15) is 25.1 Å². The lowest BCUT2D eigenvalue weighted by atomic mass is 10.1. The highest BCUT2D eigenvalue weighted by Crippen LogP contribution is 2.14. The smallest absolute Gasteiger partial charge is 0.102 e. The van der Waals surface area contributed by atoms with Crippen molar-refractivity contribution in [3.8, 4) is 0 Å². The minimum atomic E-state index is 0.240. The Morgan fingerprint density at radius 1 is 1.53 bits per heavy atom. The monoisotopic (exact) mass is 203 g/mol. The maximum Gasteiger partial charge on any atom is 0.102 e. The molecule has 1 aromatic heterocycles. The van der Waals surface area contributed by atoms with Crippen molar-refractivity contribution >= 4 is 11.5 Å². The molecule has 1 aromatic rings. The topological polar surface area (TPSA) is 51.3 Å². The molecule has 0 spiro atoms. The molecule has 1 rings (SSSR count). The van der Waals surface area contributed by atoms with Gasteiger partial charge in [0.15, 0.2) is 0 Å². The molecular weight excluding hydrogens is 186 g/mol. The molecule has 80 valence electrons. The molecule has 2 N–H and O–H groups in total. The first kappa shape index (κ1) is 11.4. The normalized spacial score (nSPS) is 11.9. The molecule has 3 nitrogen and oxygen atoms in total. The summed E-state index contributed by atoms with van der Waals surface area (Å²) in [5.74, 6) is 0.846. The van der Waals surface area contributed by atoms with Gasteiger partial charge >= 0.3 is 0 Å². The van der Waals surface area contributed by atoms with Gasteiger partial charge in [-0.2, -0.15) is 0 Å². The number of nitrogens with two attached hydrogens (primary N) is 1. The van der Waals surface area contributed by atoms with E-state index in [1.807, 2.05) is 32.9 Å². The van der Waals surface area contributed by atoms with Crippen molar-refractivity contribution < 1.29 is 0 Å². The van der Waals surface area contributed by atoms with Gasteiger partial charge < -0.3 is 5.73 Å². The van der Waals surface area contributed by atoms with Crippen molar-refractivity contribution in [1.82, 2.24) is 4.98 Å². The Bertz CT molecular complexity index is 392. The van der Waals surface area contributed by atoms with Crippen molar-refractivity contribution in [2.24, 2.45) is 16.6 Å². The van der Waals surface area contributed by atoms with Crippen molar-refractivity contribution in [2.45, 2.75) is 20.8 Å². The molecule has 0 amide bonds. The Balaban J connectivity index is 2.91. The van der Waals surface area contributed by atoms with E-state index in [1.165, 1.54) is 0 Å². The van der Waals surface area contributed by atoms with Gasteiger partial charge in [0.2, 0.25) is 0 Å². The summed E-state index contributed by atoms with van der Waals surface area (Å²) < 4.78 is 0. The van der Waals surface area contributed by atoms with Crippen molar-refractivity contribution in [3.05, 3.63) is 36.2 Å². The Kier molecular flexibility index (Phi) is 3.61. The number of aliphatic imine (C=N–C) groups is 1. The molecule has 0 saturated carbocycles. The lowest BCUT2D eigenvalue weighted by Gasteiger charge is -2.06. The molecule has 0 unspecified atom stereocenters. The van der Waals surface area contributed by atoms with Gasteiger partial charge in [-0.25, -0.2) is 4.99 Å². The van der Waals surface area contributed by atoms with Crippen LogP contribution in [0.4, 0.5) is 0 Å². The maximum atomic E-state index is 5.77. The van der Waals surface area contributed by atoms with Gasteiger partial charge in [0.1, 0.15) is 5.84 Å². The second-order valence-corrected chi connectivity index (χ2v) is 3.82. The van der Waals surface area contributed by atoms with Crippen molar-refractivity contribution in [2.75, 3.05) is 0 Å². The summed E-state index contributed by atoms with van der Waals surface area (Å²) in [6.45, 7) is 9.84. The van der Waals surface area contributed by atoms with Crippen molar-refractivity contribution in [3.63, 3.8) is 0 Å². The third-order valence-corrected chi connectivity index (χ3v) is 2.09. The van der Waals surface area contributed by atoms with E-state index >= 15 is 0 Å². The van der Waals surface area contributed by atoms with E-state index in [9.17, 15) is 0 Å². The van der Waals surface area contributed by atoms with E-state index in [1.54, 1.807) is 6.20 Å². The third-order valence-electron chi connectivity index (χ3n) is 2.09. The number of aromatic nitrogens is 1. The molecular formula is C12H17N3. The highest BCUT2D eigenvalue weighted by atomic mass is 14.9. The highest BCUT2D eigenvalue weighted by molar-refractivity contribution is 5.87. The fourth-order valence-corrected chi connectivity index (χ4v) is 1.07. The number of aryl methyl sites for hydroxylation is 1. The van der Waals surface area contributed by atoms with E-state index in [2.05, 4.69) is 16.6 Å². The number of amidine groups is 1. The number of hydrogen-bond acceptors (Lipinski definition) is 2.